The lowest BCUT2D eigenvalue weighted by Crippen LogP contribution is -2.00. The topological polar surface area (TPSA) is 80.3 Å². The molecule has 2 aromatic carbocycles. The normalized spacial score (nSPS) is 10.8. The summed E-state index contributed by atoms with van der Waals surface area (Å²) >= 11 is 1.37. The first-order valence-corrected chi connectivity index (χ1v) is 11.1. The molecule has 1 heterocycles. The third-order valence-corrected chi connectivity index (χ3v) is 6.32. The highest BCUT2D eigenvalue weighted by Crippen LogP contribution is 2.42. The average Bonchev–Trinajstić information content (AvgIpc) is 3.36. The number of hydrogen-bond donors (Lipinski definition) is 0. The van der Waals surface area contributed by atoms with Crippen LogP contribution in [0.5, 0.6) is 28.7 Å². The fourth-order valence-electron chi connectivity index (χ4n) is 3.43. The molecular weight excluding hydrogens is 456 g/mol. The smallest absolute Gasteiger partial charge is 0.203 e. The van der Waals surface area contributed by atoms with Crippen molar-refractivity contribution in [3.8, 4) is 39.2 Å². The molecule has 178 valence electrons. The van der Waals surface area contributed by atoms with E-state index < -0.39 is 0 Å². The second-order valence-electron chi connectivity index (χ2n) is 7.14. The number of hydrogen-bond acceptors (Lipinski definition) is 8. The zero-order valence-corrected chi connectivity index (χ0v) is 20.7. The van der Waals surface area contributed by atoms with E-state index in [1.165, 1.54) is 45.7 Å². The van der Waals surface area contributed by atoms with Crippen LogP contribution in [-0.2, 0) is 0 Å². The van der Waals surface area contributed by atoms with E-state index in [0.29, 0.717) is 39.2 Å². The number of allylic oxidation sites excluding steroid dienone is 1. The van der Waals surface area contributed by atoms with Crippen LogP contribution in [0.3, 0.4) is 0 Å². The van der Waals surface area contributed by atoms with Crippen molar-refractivity contribution in [2.45, 2.75) is 6.92 Å². The molecule has 0 unspecified atom stereocenters. The van der Waals surface area contributed by atoms with Gasteiger partial charge in [0, 0.05) is 16.0 Å². The Kier molecular flexibility index (Phi) is 7.96. The van der Waals surface area contributed by atoms with Crippen LogP contribution in [0.15, 0.2) is 42.5 Å². The SMILES string of the molecule is COc1cc(C(=O)C=Cc2cc(OC)c(OC)c(-c3ccc(C(C)=O)s3)c2)cc(OC)c1OC. The predicted molar refractivity (Wildman–Crippen MR) is 132 cm³/mol. The minimum atomic E-state index is -0.245. The molecule has 0 saturated heterocycles. The fraction of sp³-hybridized carbons (Fsp3) is 0.231. The molecule has 3 rings (SSSR count). The lowest BCUT2D eigenvalue weighted by Gasteiger charge is -2.14. The molecule has 0 fully saturated rings. The maximum atomic E-state index is 12.9. The maximum absolute atomic E-state index is 12.9. The summed E-state index contributed by atoms with van der Waals surface area (Å²) in [5.74, 6) is 2.01. The Morgan fingerprint density at radius 1 is 0.765 bits per heavy atom. The van der Waals surface area contributed by atoms with Gasteiger partial charge in [-0.2, -0.15) is 0 Å². The summed E-state index contributed by atoms with van der Waals surface area (Å²) in [6.07, 6.45) is 3.15. The summed E-state index contributed by atoms with van der Waals surface area (Å²) in [5.41, 5.74) is 1.88. The van der Waals surface area contributed by atoms with Crippen molar-refractivity contribution in [1.82, 2.24) is 0 Å². The molecule has 3 aromatic rings. The molecule has 0 bridgehead atoms. The second kappa shape index (κ2) is 10.9. The lowest BCUT2D eigenvalue weighted by atomic mass is 10.0. The van der Waals surface area contributed by atoms with Crippen LogP contribution in [0.25, 0.3) is 16.5 Å². The molecule has 7 nitrogen and oxygen atoms in total. The number of benzene rings is 2. The monoisotopic (exact) mass is 482 g/mol. The molecule has 0 aliphatic heterocycles. The zero-order valence-electron chi connectivity index (χ0n) is 19.9. The van der Waals surface area contributed by atoms with Crippen molar-refractivity contribution in [2.24, 2.45) is 0 Å². The molecule has 0 N–H and O–H groups in total. The van der Waals surface area contributed by atoms with Crippen LogP contribution in [0.4, 0.5) is 0 Å². The fourth-order valence-corrected chi connectivity index (χ4v) is 4.34. The molecule has 0 saturated carbocycles. The summed E-state index contributed by atoms with van der Waals surface area (Å²) < 4.78 is 27.1. The van der Waals surface area contributed by atoms with E-state index >= 15 is 0 Å². The third kappa shape index (κ3) is 5.07. The van der Waals surface area contributed by atoms with E-state index in [0.717, 1.165) is 16.0 Å². The number of ketones is 2. The first kappa shape index (κ1) is 24.9. The van der Waals surface area contributed by atoms with Crippen LogP contribution in [-0.4, -0.2) is 47.1 Å². The molecule has 0 amide bonds. The largest absolute Gasteiger partial charge is 0.493 e. The first-order valence-electron chi connectivity index (χ1n) is 10.3. The van der Waals surface area contributed by atoms with Crippen molar-refractivity contribution in [1.29, 1.82) is 0 Å². The molecule has 34 heavy (non-hydrogen) atoms. The minimum absolute atomic E-state index is 0.00539. The minimum Gasteiger partial charge on any atom is -0.493 e. The van der Waals surface area contributed by atoms with Crippen LogP contribution in [0.2, 0.25) is 0 Å². The van der Waals surface area contributed by atoms with Gasteiger partial charge in [0.15, 0.2) is 34.6 Å². The van der Waals surface area contributed by atoms with E-state index in [4.69, 9.17) is 23.7 Å². The lowest BCUT2D eigenvalue weighted by molar-refractivity contribution is 0.101. The summed E-state index contributed by atoms with van der Waals surface area (Å²) in [5, 5.41) is 0. The van der Waals surface area contributed by atoms with Crippen molar-refractivity contribution >= 4 is 29.0 Å². The van der Waals surface area contributed by atoms with Crippen molar-refractivity contribution in [3.05, 3.63) is 58.5 Å². The number of thiophene rings is 1. The maximum Gasteiger partial charge on any atom is 0.203 e. The van der Waals surface area contributed by atoms with Gasteiger partial charge in [-0.3, -0.25) is 9.59 Å². The first-order chi connectivity index (χ1) is 16.4. The average molecular weight is 483 g/mol. The zero-order chi connectivity index (χ0) is 24.8. The molecule has 1 aromatic heterocycles. The van der Waals surface area contributed by atoms with E-state index in [1.54, 1.807) is 44.6 Å². The van der Waals surface area contributed by atoms with E-state index in [-0.39, 0.29) is 11.6 Å². The quantitative estimate of drug-likeness (QED) is 0.277. The predicted octanol–water partition coefficient (Wildman–Crippen LogP) is 5.56. The highest BCUT2D eigenvalue weighted by Gasteiger charge is 2.18. The Hall–Kier alpha value is -3.78. The van der Waals surface area contributed by atoms with E-state index in [9.17, 15) is 9.59 Å². The summed E-state index contributed by atoms with van der Waals surface area (Å²) in [6.45, 7) is 1.53. The summed E-state index contributed by atoms with van der Waals surface area (Å²) in [6, 6.07) is 10.5. The van der Waals surface area contributed by atoms with E-state index in [2.05, 4.69) is 0 Å². The Bertz CT molecular complexity index is 1210. The highest BCUT2D eigenvalue weighted by atomic mass is 32.1. The van der Waals surface area contributed by atoms with Gasteiger partial charge in [0.05, 0.1) is 40.4 Å². The Morgan fingerprint density at radius 3 is 1.85 bits per heavy atom. The molecule has 8 heteroatoms. The standard InChI is InChI=1S/C26H26O7S/c1-15(27)23-9-10-24(34-23)18-11-16(12-20(29-2)25(18)32-5)7-8-19(28)17-13-21(30-3)26(33-6)22(14-17)31-4/h7-14H,1-6H3. The van der Waals surface area contributed by atoms with Crippen LogP contribution < -0.4 is 23.7 Å². The molecule has 0 aliphatic carbocycles. The van der Waals surface area contributed by atoms with Gasteiger partial charge < -0.3 is 23.7 Å². The van der Waals surface area contributed by atoms with Gasteiger partial charge in [-0.15, -0.1) is 11.3 Å². The molecule has 0 atom stereocenters. The third-order valence-electron chi connectivity index (χ3n) is 5.10. The Labute approximate surface area is 202 Å². The second-order valence-corrected chi connectivity index (χ2v) is 8.22. The Morgan fingerprint density at radius 2 is 1.35 bits per heavy atom. The molecular formula is C26H26O7S. The number of carbonyl (C=O) groups excluding carboxylic acids is 2. The van der Waals surface area contributed by atoms with Gasteiger partial charge in [0.25, 0.3) is 0 Å². The van der Waals surface area contributed by atoms with Gasteiger partial charge in [-0.1, -0.05) is 6.08 Å². The van der Waals surface area contributed by atoms with Gasteiger partial charge in [0.2, 0.25) is 5.75 Å². The molecule has 0 aliphatic rings. The van der Waals surface area contributed by atoms with Crippen LogP contribution in [0.1, 0.15) is 32.5 Å². The van der Waals surface area contributed by atoms with Crippen molar-refractivity contribution in [2.75, 3.05) is 35.5 Å². The molecule has 0 radical (unpaired) electrons. The number of ether oxygens (including phenoxy) is 5. The summed E-state index contributed by atoms with van der Waals surface area (Å²) in [4.78, 5) is 26.2. The highest BCUT2D eigenvalue weighted by molar-refractivity contribution is 7.17. The number of rotatable bonds is 10. The van der Waals surface area contributed by atoms with E-state index in [1.807, 2.05) is 12.1 Å². The van der Waals surface area contributed by atoms with Crippen LogP contribution in [0, 0.1) is 0 Å². The van der Waals surface area contributed by atoms with Crippen molar-refractivity contribution in [3.63, 3.8) is 0 Å². The number of carbonyl (C=O) groups is 2. The van der Waals surface area contributed by atoms with Gasteiger partial charge >= 0.3 is 0 Å². The van der Waals surface area contributed by atoms with Crippen molar-refractivity contribution < 1.29 is 33.3 Å². The van der Waals surface area contributed by atoms with Gasteiger partial charge in [0.1, 0.15) is 0 Å². The number of Topliss-reactive ketones (excluding diaryl/α,β-unsaturated/α-hetero) is 1. The Balaban J connectivity index is 2.01. The molecule has 0 spiro atoms. The van der Waals surface area contributed by atoms with Gasteiger partial charge in [-0.05, 0) is 55.0 Å². The number of methoxy groups -OCH3 is 5. The van der Waals surface area contributed by atoms with Gasteiger partial charge in [-0.25, -0.2) is 0 Å². The summed E-state index contributed by atoms with van der Waals surface area (Å²) in [7, 11) is 7.60. The van der Waals surface area contributed by atoms with Crippen LogP contribution >= 0.6 is 11.3 Å².